The average Bonchev–Trinajstić information content (AvgIpc) is 2.51. The Morgan fingerprint density at radius 3 is 2.46 bits per heavy atom. The third-order valence-electron chi connectivity index (χ3n) is 4.85. The van der Waals surface area contributed by atoms with E-state index < -0.39 is 35.2 Å². The molecule has 1 amide bonds. The first-order valence-electron chi connectivity index (χ1n) is 8.26. The summed E-state index contributed by atoms with van der Waals surface area (Å²) in [6, 6.07) is 3.11. The maximum Gasteiger partial charge on any atom is 0.344 e. The smallest absolute Gasteiger partial charge is 0.344 e. The number of rotatable bonds is 4. The molecule has 0 unspecified atom stereocenters. The van der Waals surface area contributed by atoms with Crippen molar-refractivity contribution in [2.45, 2.75) is 52.2 Å². The highest BCUT2D eigenvalue weighted by Gasteiger charge is 2.30. The Labute approximate surface area is 140 Å². The van der Waals surface area contributed by atoms with Crippen LogP contribution in [0.15, 0.2) is 18.2 Å². The Balaban J connectivity index is 1.97. The van der Waals surface area contributed by atoms with E-state index in [2.05, 4.69) is 19.2 Å². The maximum absolute atomic E-state index is 13.6. The molecule has 4 nitrogen and oxygen atoms in total. The van der Waals surface area contributed by atoms with Crippen molar-refractivity contribution in [3.8, 4) is 0 Å². The highest BCUT2D eigenvalue weighted by molar-refractivity contribution is 5.92. The molecule has 1 N–H and O–H groups in total. The van der Waals surface area contributed by atoms with Crippen LogP contribution in [0.2, 0.25) is 0 Å². The van der Waals surface area contributed by atoms with Gasteiger partial charge in [0.25, 0.3) is 5.91 Å². The number of carbonyl (C=O) groups is 2. The first-order chi connectivity index (χ1) is 11.3. The zero-order chi connectivity index (χ0) is 17.9. The quantitative estimate of drug-likeness (QED) is 0.855. The molecule has 1 aromatic rings. The van der Waals surface area contributed by atoms with E-state index in [1.54, 1.807) is 0 Å². The van der Waals surface area contributed by atoms with Gasteiger partial charge in [0.05, 0.1) is 0 Å². The number of amides is 1. The van der Waals surface area contributed by atoms with Gasteiger partial charge in [-0.3, -0.25) is 4.79 Å². The third kappa shape index (κ3) is 4.10. The van der Waals surface area contributed by atoms with Crippen LogP contribution in [0.3, 0.4) is 0 Å². The predicted octanol–water partition coefficient (Wildman–Crippen LogP) is 3.45. The lowest BCUT2D eigenvalue weighted by Crippen LogP contribution is -2.47. The number of hydrogen-bond donors (Lipinski definition) is 1. The van der Waals surface area contributed by atoms with Gasteiger partial charge in [-0.15, -0.1) is 0 Å². The molecule has 0 saturated heterocycles. The normalized spacial score (nSPS) is 25.0. The van der Waals surface area contributed by atoms with Gasteiger partial charge < -0.3 is 10.1 Å². The summed E-state index contributed by atoms with van der Waals surface area (Å²) in [6.07, 6.45) is 1.91. The lowest BCUT2D eigenvalue weighted by atomic mass is 9.78. The molecule has 1 aliphatic carbocycles. The van der Waals surface area contributed by atoms with Crippen LogP contribution >= 0.6 is 0 Å². The number of carbonyl (C=O) groups excluding carboxylic acids is 2. The van der Waals surface area contributed by atoms with E-state index in [0.29, 0.717) is 11.8 Å². The van der Waals surface area contributed by atoms with E-state index in [1.165, 1.54) is 6.92 Å². The Kier molecular flexibility index (Phi) is 5.91. The fraction of sp³-hybridized carbons (Fsp3) is 0.556. The SMILES string of the molecule is C[C@H]1[C@@H](NC(=O)[C@@H](C)OC(=O)c2c(F)cccc2F)CCC[C@@H]1C. The predicted molar refractivity (Wildman–Crippen MR) is 85.3 cm³/mol. The van der Waals surface area contributed by atoms with Crippen molar-refractivity contribution in [2.75, 3.05) is 0 Å². The summed E-state index contributed by atoms with van der Waals surface area (Å²) in [5.74, 6) is -2.82. The standard InChI is InChI=1S/C18H23F2NO3/c1-10-6-4-9-15(11(10)2)21-17(22)12(3)24-18(23)16-13(19)7-5-8-14(16)20/h5,7-8,10-12,15H,4,6,9H2,1-3H3,(H,21,22)/t10-,11+,12+,15-/m0/s1. The van der Waals surface area contributed by atoms with Crippen LogP contribution in [0.4, 0.5) is 8.78 Å². The molecule has 0 heterocycles. The Bertz CT molecular complexity index is 600. The summed E-state index contributed by atoms with van der Waals surface area (Å²) in [4.78, 5) is 24.2. The van der Waals surface area contributed by atoms with Crippen LogP contribution < -0.4 is 5.32 Å². The fourth-order valence-corrected chi connectivity index (χ4v) is 3.05. The van der Waals surface area contributed by atoms with Crippen LogP contribution in [0.1, 0.15) is 50.4 Å². The minimum Gasteiger partial charge on any atom is -0.449 e. The van der Waals surface area contributed by atoms with Gasteiger partial charge in [0, 0.05) is 6.04 Å². The lowest BCUT2D eigenvalue weighted by Gasteiger charge is -2.35. The van der Waals surface area contributed by atoms with E-state index in [9.17, 15) is 18.4 Å². The van der Waals surface area contributed by atoms with Crippen LogP contribution in [0.25, 0.3) is 0 Å². The van der Waals surface area contributed by atoms with Crippen molar-refractivity contribution in [1.82, 2.24) is 5.32 Å². The molecule has 24 heavy (non-hydrogen) atoms. The molecule has 1 aliphatic rings. The number of ether oxygens (including phenoxy) is 1. The second-order valence-electron chi connectivity index (χ2n) is 6.53. The molecule has 1 saturated carbocycles. The van der Waals surface area contributed by atoms with Crippen LogP contribution in [0, 0.1) is 23.5 Å². The Morgan fingerprint density at radius 1 is 1.21 bits per heavy atom. The molecule has 132 valence electrons. The molecule has 2 rings (SSSR count). The second-order valence-corrected chi connectivity index (χ2v) is 6.53. The summed E-state index contributed by atoms with van der Waals surface area (Å²) in [6.45, 7) is 5.62. The first-order valence-corrected chi connectivity index (χ1v) is 8.26. The molecule has 4 atom stereocenters. The molecule has 6 heteroatoms. The van der Waals surface area contributed by atoms with E-state index in [4.69, 9.17) is 4.74 Å². The third-order valence-corrected chi connectivity index (χ3v) is 4.85. The van der Waals surface area contributed by atoms with E-state index in [1.807, 2.05) is 0 Å². The molecule has 0 aromatic heterocycles. The monoisotopic (exact) mass is 339 g/mol. The molecule has 1 fully saturated rings. The van der Waals surface area contributed by atoms with Gasteiger partial charge in [0.15, 0.2) is 6.10 Å². The van der Waals surface area contributed by atoms with Crippen molar-refractivity contribution in [2.24, 2.45) is 11.8 Å². The van der Waals surface area contributed by atoms with E-state index in [-0.39, 0.29) is 6.04 Å². The molecule has 0 spiro atoms. The topological polar surface area (TPSA) is 55.4 Å². The van der Waals surface area contributed by atoms with Gasteiger partial charge in [-0.05, 0) is 37.3 Å². The second kappa shape index (κ2) is 7.73. The molecular weight excluding hydrogens is 316 g/mol. The van der Waals surface area contributed by atoms with E-state index >= 15 is 0 Å². The molecule has 0 bridgehead atoms. The number of hydrogen-bond acceptors (Lipinski definition) is 3. The Morgan fingerprint density at radius 2 is 1.83 bits per heavy atom. The highest BCUT2D eigenvalue weighted by Crippen LogP contribution is 2.29. The van der Waals surface area contributed by atoms with Gasteiger partial charge in [-0.25, -0.2) is 13.6 Å². The summed E-state index contributed by atoms with van der Waals surface area (Å²) < 4.78 is 32.1. The molecule has 0 aliphatic heterocycles. The van der Waals surface area contributed by atoms with Crippen molar-refractivity contribution in [1.29, 1.82) is 0 Å². The summed E-state index contributed by atoms with van der Waals surface area (Å²) >= 11 is 0. The van der Waals surface area contributed by atoms with Gasteiger partial charge in [-0.1, -0.05) is 32.8 Å². The van der Waals surface area contributed by atoms with Crippen molar-refractivity contribution in [3.05, 3.63) is 35.4 Å². The number of halogens is 2. The summed E-state index contributed by atoms with van der Waals surface area (Å²) in [5, 5.41) is 2.88. The molecule has 1 aromatic carbocycles. The minimum absolute atomic E-state index is 0.0209. The van der Waals surface area contributed by atoms with Gasteiger partial charge in [0.2, 0.25) is 0 Å². The summed E-state index contributed by atoms with van der Waals surface area (Å²) in [7, 11) is 0. The average molecular weight is 339 g/mol. The van der Waals surface area contributed by atoms with E-state index in [0.717, 1.165) is 37.5 Å². The Hall–Kier alpha value is -1.98. The zero-order valence-electron chi connectivity index (χ0n) is 14.1. The van der Waals surface area contributed by atoms with Crippen molar-refractivity contribution >= 4 is 11.9 Å². The van der Waals surface area contributed by atoms with Gasteiger partial charge >= 0.3 is 5.97 Å². The lowest BCUT2D eigenvalue weighted by molar-refractivity contribution is -0.130. The van der Waals surface area contributed by atoms with Gasteiger partial charge in [0.1, 0.15) is 17.2 Å². The van der Waals surface area contributed by atoms with Crippen LogP contribution in [0.5, 0.6) is 0 Å². The molecule has 0 radical (unpaired) electrons. The fourth-order valence-electron chi connectivity index (χ4n) is 3.05. The summed E-state index contributed by atoms with van der Waals surface area (Å²) in [5.41, 5.74) is -0.781. The van der Waals surface area contributed by atoms with Crippen LogP contribution in [-0.4, -0.2) is 24.0 Å². The highest BCUT2D eigenvalue weighted by atomic mass is 19.1. The van der Waals surface area contributed by atoms with Crippen molar-refractivity contribution < 1.29 is 23.1 Å². The number of benzene rings is 1. The number of esters is 1. The zero-order valence-corrected chi connectivity index (χ0v) is 14.1. The first kappa shape index (κ1) is 18.4. The van der Waals surface area contributed by atoms with Crippen molar-refractivity contribution in [3.63, 3.8) is 0 Å². The molecular formula is C18H23F2NO3. The van der Waals surface area contributed by atoms with Gasteiger partial charge in [-0.2, -0.15) is 0 Å². The largest absolute Gasteiger partial charge is 0.449 e. The van der Waals surface area contributed by atoms with Crippen LogP contribution in [-0.2, 0) is 9.53 Å². The maximum atomic E-state index is 13.6. The minimum atomic E-state index is -1.18. The number of nitrogens with one attached hydrogen (secondary N) is 1.